The molecule has 2 saturated heterocycles. The maximum atomic E-state index is 12.5. The van der Waals surface area contributed by atoms with Crippen LogP contribution in [-0.4, -0.2) is 57.6 Å². The predicted molar refractivity (Wildman–Crippen MR) is 122 cm³/mol. The van der Waals surface area contributed by atoms with Crippen molar-refractivity contribution >= 4 is 29.7 Å². The number of benzene rings is 1. The summed E-state index contributed by atoms with van der Waals surface area (Å²) < 4.78 is 20.3. The lowest BCUT2D eigenvalue weighted by Crippen LogP contribution is -2.41. The van der Waals surface area contributed by atoms with Crippen molar-refractivity contribution in [3.63, 3.8) is 0 Å². The van der Waals surface area contributed by atoms with Crippen molar-refractivity contribution in [3.05, 3.63) is 24.0 Å². The average Bonchev–Trinajstić information content (AvgIpc) is 3.27. The second-order valence-corrected chi connectivity index (χ2v) is 10.7. The fraction of sp³-hybridized carbons (Fsp3) is 0.652. The Balaban J connectivity index is 1.60. The Bertz CT molecular complexity index is 992. The summed E-state index contributed by atoms with van der Waals surface area (Å²) in [7, 11) is -0.417. The molecule has 0 radical (unpaired) electrons. The summed E-state index contributed by atoms with van der Waals surface area (Å²) in [5.41, 5.74) is 1.69. The van der Waals surface area contributed by atoms with Gasteiger partial charge in [-0.3, -0.25) is 0 Å². The van der Waals surface area contributed by atoms with E-state index in [1.54, 1.807) is 4.90 Å². The van der Waals surface area contributed by atoms with Gasteiger partial charge in [-0.25, -0.2) is 9.78 Å². The highest BCUT2D eigenvalue weighted by atomic mass is 16.7. The number of ether oxygens (including phenoxy) is 1. The summed E-state index contributed by atoms with van der Waals surface area (Å²) in [6.45, 7) is 17.2. The van der Waals surface area contributed by atoms with Gasteiger partial charge in [0.25, 0.3) is 0 Å². The van der Waals surface area contributed by atoms with E-state index in [2.05, 4.69) is 38.3 Å². The number of hydrogen-bond acceptors (Lipinski definition) is 5. The van der Waals surface area contributed by atoms with Crippen LogP contribution in [0.4, 0.5) is 4.79 Å². The molecule has 2 fully saturated rings. The van der Waals surface area contributed by atoms with Gasteiger partial charge in [0.1, 0.15) is 11.4 Å². The fourth-order valence-electron chi connectivity index (χ4n) is 4.26. The largest absolute Gasteiger partial charge is 0.494 e. The van der Waals surface area contributed by atoms with Crippen molar-refractivity contribution in [1.29, 1.82) is 0 Å². The molecule has 3 heterocycles. The molecule has 1 aromatic carbocycles. The lowest BCUT2D eigenvalue weighted by molar-refractivity contribution is 0.00578. The molecule has 4 rings (SSSR count). The third kappa shape index (κ3) is 4.07. The lowest BCUT2D eigenvalue weighted by atomic mass is 9.79. The van der Waals surface area contributed by atoms with Crippen LogP contribution in [-0.2, 0) is 14.0 Å². The summed E-state index contributed by atoms with van der Waals surface area (Å²) in [5.74, 6) is 0.942. The van der Waals surface area contributed by atoms with Crippen LogP contribution in [0.2, 0.25) is 0 Å². The molecule has 0 bridgehead atoms. The number of carbonyl (C=O) groups is 1. The maximum Gasteiger partial charge on any atom is 0.494 e. The van der Waals surface area contributed by atoms with Gasteiger partial charge >= 0.3 is 13.2 Å². The van der Waals surface area contributed by atoms with Crippen LogP contribution in [0.1, 0.15) is 66.8 Å². The molecule has 1 amide bonds. The summed E-state index contributed by atoms with van der Waals surface area (Å²) in [6.07, 6.45) is 0.613. The number of imidazole rings is 1. The zero-order valence-corrected chi connectivity index (χ0v) is 20.0. The Hall–Kier alpha value is -2.06. The van der Waals surface area contributed by atoms with Crippen LogP contribution in [0.5, 0.6) is 0 Å². The van der Waals surface area contributed by atoms with Gasteiger partial charge in [0.2, 0.25) is 0 Å². The molecule has 1 atom stereocenters. The van der Waals surface area contributed by atoms with Gasteiger partial charge in [-0.05, 0) is 79.4 Å². The van der Waals surface area contributed by atoms with Crippen LogP contribution >= 0.6 is 0 Å². The SMILES string of the molecule is Cc1nc2ccc(B3OC(C)(C)C(C)(C)O3)cc2n1C1CCN(C(=O)OC(C)(C)C)C1. The molecule has 0 saturated carbocycles. The summed E-state index contributed by atoms with van der Waals surface area (Å²) in [4.78, 5) is 19.1. The van der Waals surface area contributed by atoms with Crippen molar-refractivity contribution in [2.75, 3.05) is 13.1 Å². The van der Waals surface area contributed by atoms with Crippen LogP contribution in [0.3, 0.4) is 0 Å². The van der Waals surface area contributed by atoms with Crippen molar-refractivity contribution in [2.45, 2.75) is 84.7 Å². The molecule has 31 heavy (non-hydrogen) atoms. The number of rotatable bonds is 2. The maximum absolute atomic E-state index is 12.5. The first-order chi connectivity index (χ1) is 14.3. The summed E-state index contributed by atoms with van der Waals surface area (Å²) in [6, 6.07) is 6.34. The third-order valence-corrected chi connectivity index (χ3v) is 6.60. The van der Waals surface area contributed by atoms with Crippen molar-refractivity contribution < 1.29 is 18.8 Å². The first-order valence-electron chi connectivity index (χ1n) is 11.1. The van der Waals surface area contributed by atoms with Gasteiger partial charge in [0, 0.05) is 13.1 Å². The van der Waals surface area contributed by atoms with Crippen LogP contribution < -0.4 is 5.46 Å². The first kappa shape index (κ1) is 22.2. The van der Waals surface area contributed by atoms with E-state index < -0.39 is 12.7 Å². The fourth-order valence-corrected chi connectivity index (χ4v) is 4.26. The molecule has 0 spiro atoms. The molecule has 1 unspecified atom stereocenters. The van der Waals surface area contributed by atoms with Crippen LogP contribution in [0.15, 0.2) is 18.2 Å². The number of nitrogens with zero attached hydrogens (tertiary/aromatic N) is 3. The normalized spacial score (nSPS) is 23.0. The van der Waals surface area contributed by atoms with Crippen LogP contribution in [0.25, 0.3) is 11.0 Å². The molecular formula is C23H34BN3O4. The Morgan fingerprint density at radius 2 is 1.84 bits per heavy atom. The van der Waals surface area contributed by atoms with Gasteiger partial charge in [0.15, 0.2) is 0 Å². The molecule has 2 aromatic rings. The second-order valence-electron chi connectivity index (χ2n) is 10.7. The average molecular weight is 427 g/mol. The minimum Gasteiger partial charge on any atom is -0.444 e. The Morgan fingerprint density at radius 3 is 2.45 bits per heavy atom. The van der Waals surface area contributed by atoms with E-state index in [0.29, 0.717) is 13.1 Å². The van der Waals surface area contributed by atoms with Gasteiger partial charge in [-0.15, -0.1) is 0 Å². The van der Waals surface area contributed by atoms with Crippen molar-refractivity contribution in [3.8, 4) is 0 Å². The highest BCUT2D eigenvalue weighted by Gasteiger charge is 2.51. The van der Waals surface area contributed by atoms with E-state index in [9.17, 15) is 4.79 Å². The molecule has 1 aromatic heterocycles. The standard InChI is InChI=1S/C23H34BN3O4/c1-15-25-18-10-9-16(24-30-22(5,6)23(7,8)31-24)13-19(18)27(15)17-11-12-26(14-17)20(28)29-21(2,3)4/h9-10,13,17H,11-12,14H2,1-8H3. The molecule has 0 aliphatic carbocycles. The van der Waals surface area contributed by atoms with E-state index in [1.807, 2.05) is 39.8 Å². The second kappa shape index (κ2) is 7.24. The number of aromatic nitrogens is 2. The minimum atomic E-state index is -0.496. The van der Waals surface area contributed by atoms with Crippen molar-refractivity contribution in [1.82, 2.24) is 14.5 Å². The number of aryl methyl sites for hydroxylation is 1. The van der Waals surface area contributed by atoms with Gasteiger partial charge in [-0.1, -0.05) is 6.07 Å². The van der Waals surface area contributed by atoms with Gasteiger partial charge in [-0.2, -0.15) is 0 Å². The smallest absolute Gasteiger partial charge is 0.444 e. The van der Waals surface area contributed by atoms with E-state index >= 15 is 0 Å². The Labute approximate surface area is 185 Å². The molecule has 7 nitrogen and oxygen atoms in total. The molecule has 168 valence electrons. The molecule has 0 N–H and O–H groups in total. The monoisotopic (exact) mass is 427 g/mol. The molecule has 8 heteroatoms. The number of hydrogen-bond donors (Lipinski definition) is 0. The van der Waals surface area contributed by atoms with E-state index in [0.717, 1.165) is 28.7 Å². The lowest BCUT2D eigenvalue weighted by Gasteiger charge is -2.32. The summed E-state index contributed by atoms with van der Waals surface area (Å²) in [5, 5.41) is 0. The van der Waals surface area contributed by atoms with Gasteiger partial charge < -0.3 is 23.5 Å². The number of carbonyl (C=O) groups excluding carboxylic acids is 1. The highest BCUT2D eigenvalue weighted by Crippen LogP contribution is 2.37. The number of fused-ring (bicyclic) bond motifs is 1. The third-order valence-electron chi connectivity index (χ3n) is 6.60. The Kier molecular flexibility index (Phi) is 5.17. The van der Waals surface area contributed by atoms with Crippen LogP contribution in [0, 0.1) is 6.92 Å². The summed E-state index contributed by atoms with van der Waals surface area (Å²) >= 11 is 0. The van der Waals surface area contributed by atoms with Crippen molar-refractivity contribution in [2.24, 2.45) is 0 Å². The highest BCUT2D eigenvalue weighted by molar-refractivity contribution is 6.62. The van der Waals surface area contributed by atoms with E-state index in [-0.39, 0.29) is 23.3 Å². The zero-order valence-electron chi connectivity index (χ0n) is 20.0. The predicted octanol–water partition coefficient (Wildman–Crippen LogP) is 3.83. The molecule has 2 aliphatic heterocycles. The van der Waals surface area contributed by atoms with E-state index in [4.69, 9.17) is 19.0 Å². The number of likely N-dealkylation sites (tertiary alicyclic amines) is 1. The topological polar surface area (TPSA) is 65.8 Å². The quantitative estimate of drug-likeness (QED) is 0.682. The zero-order chi connectivity index (χ0) is 22.8. The minimum absolute atomic E-state index is 0.158. The molecule has 2 aliphatic rings. The Morgan fingerprint density at radius 1 is 1.19 bits per heavy atom. The number of amides is 1. The molecular weight excluding hydrogens is 393 g/mol. The van der Waals surface area contributed by atoms with Gasteiger partial charge in [0.05, 0.1) is 28.3 Å². The van der Waals surface area contributed by atoms with E-state index in [1.165, 1.54) is 0 Å². The first-order valence-corrected chi connectivity index (χ1v) is 11.1.